The van der Waals surface area contributed by atoms with Gasteiger partial charge in [-0.2, -0.15) is 0 Å². The molecule has 0 radical (unpaired) electrons. The Morgan fingerprint density at radius 3 is 2.12 bits per heavy atom. The number of likely N-dealkylation sites (tertiary alicyclic amines) is 2. The molecule has 0 saturated carbocycles. The summed E-state index contributed by atoms with van der Waals surface area (Å²) in [6.45, 7) is 5.65. The van der Waals surface area contributed by atoms with Gasteiger partial charge >= 0.3 is 12.1 Å². The molecule has 136 valence electrons. The van der Waals surface area contributed by atoms with Gasteiger partial charge in [-0.05, 0) is 38.5 Å². The monoisotopic (exact) mass is 340 g/mol. The molecular weight excluding hydrogens is 312 g/mol. The Morgan fingerprint density at radius 1 is 0.875 bits per heavy atom. The largest absolute Gasteiger partial charge is 0.464 e. The molecule has 0 N–H and O–H groups in total. The second-order valence-electron chi connectivity index (χ2n) is 6.32. The topological polar surface area (TPSA) is 76.2 Å². The van der Waals surface area contributed by atoms with Crippen LogP contribution in [0.25, 0.3) is 0 Å². The van der Waals surface area contributed by atoms with Crippen molar-refractivity contribution in [1.29, 1.82) is 0 Å². The molecule has 0 aromatic heterocycles. The summed E-state index contributed by atoms with van der Waals surface area (Å²) in [5.41, 5.74) is 0. The second kappa shape index (κ2) is 8.89. The van der Waals surface area contributed by atoms with Crippen LogP contribution in [0.2, 0.25) is 0 Å². The fourth-order valence-electron chi connectivity index (χ4n) is 3.28. The summed E-state index contributed by atoms with van der Waals surface area (Å²) in [7, 11) is 0. The molecule has 0 aromatic carbocycles. The summed E-state index contributed by atoms with van der Waals surface area (Å²) < 4.78 is 10.4. The molecule has 2 rings (SSSR count). The summed E-state index contributed by atoms with van der Waals surface area (Å²) in [6.07, 6.45) is 3.87. The van der Waals surface area contributed by atoms with E-state index >= 15 is 0 Å². The fourth-order valence-corrected chi connectivity index (χ4v) is 3.28. The fraction of sp³-hybridized carbons (Fsp3) is 0.824. The van der Waals surface area contributed by atoms with Gasteiger partial charge in [-0.25, -0.2) is 9.59 Å². The van der Waals surface area contributed by atoms with E-state index < -0.39 is 18.2 Å². The first-order valence-corrected chi connectivity index (χ1v) is 9.00. The zero-order valence-electron chi connectivity index (χ0n) is 14.7. The second-order valence-corrected chi connectivity index (χ2v) is 6.32. The average Bonchev–Trinajstić information content (AvgIpc) is 3.25. The Kier molecular flexibility index (Phi) is 6.87. The van der Waals surface area contributed by atoms with E-state index in [0.717, 1.165) is 25.7 Å². The van der Waals surface area contributed by atoms with E-state index in [1.165, 1.54) is 4.90 Å². The van der Waals surface area contributed by atoms with Gasteiger partial charge in [0.2, 0.25) is 5.91 Å². The first-order chi connectivity index (χ1) is 11.6. The predicted molar refractivity (Wildman–Crippen MR) is 87.4 cm³/mol. The number of nitrogens with zero attached hydrogens (tertiary/aromatic N) is 2. The lowest BCUT2D eigenvalue weighted by atomic mass is 10.1. The lowest BCUT2D eigenvalue weighted by Crippen LogP contribution is -2.51. The van der Waals surface area contributed by atoms with E-state index in [0.29, 0.717) is 39.1 Å². The number of rotatable bonds is 6. The van der Waals surface area contributed by atoms with Crippen LogP contribution in [0, 0.1) is 0 Å². The lowest BCUT2D eigenvalue weighted by molar-refractivity contribution is -0.154. The zero-order chi connectivity index (χ0) is 17.5. The normalized spacial score (nSPS) is 23.4. The quantitative estimate of drug-likeness (QED) is 0.691. The standard InChI is InChI=1S/C17H28N2O5/c1-3-11-23-16(21)14-8-6-9-18(14)15(20)13-7-5-10-19(13)17(22)24-12-4-2/h13-14H,3-12H2,1-2H3. The van der Waals surface area contributed by atoms with Crippen LogP contribution in [0.3, 0.4) is 0 Å². The molecule has 0 aromatic rings. The third kappa shape index (κ3) is 4.19. The number of hydrogen-bond acceptors (Lipinski definition) is 5. The summed E-state index contributed by atoms with van der Waals surface area (Å²) in [4.78, 5) is 40.3. The van der Waals surface area contributed by atoms with E-state index in [1.54, 1.807) is 4.90 Å². The Labute approximate surface area is 143 Å². The molecule has 7 nitrogen and oxygen atoms in total. The van der Waals surface area contributed by atoms with Gasteiger partial charge in [-0.3, -0.25) is 9.69 Å². The highest BCUT2D eigenvalue weighted by atomic mass is 16.6. The molecule has 0 aliphatic carbocycles. The van der Waals surface area contributed by atoms with Crippen molar-refractivity contribution in [3.63, 3.8) is 0 Å². The highest BCUT2D eigenvalue weighted by Gasteiger charge is 2.43. The molecule has 2 unspecified atom stereocenters. The van der Waals surface area contributed by atoms with Crippen LogP contribution < -0.4 is 0 Å². The van der Waals surface area contributed by atoms with Crippen LogP contribution in [-0.2, 0) is 19.1 Å². The molecule has 2 amide bonds. The first-order valence-electron chi connectivity index (χ1n) is 9.00. The maximum Gasteiger partial charge on any atom is 0.410 e. The minimum absolute atomic E-state index is 0.156. The van der Waals surface area contributed by atoms with Gasteiger partial charge in [0.15, 0.2) is 0 Å². The minimum atomic E-state index is -0.520. The van der Waals surface area contributed by atoms with Gasteiger partial charge in [0.05, 0.1) is 13.2 Å². The Bertz CT molecular complexity index is 428. The number of hydrogen-bond donors (Lipinski definition) is 0. The SMILES string of the molecule is CCCOC(=O)C1CCCN1C(=O)C1CCCN1C(=O)OCCC. The Hall–Kier alpha value is -1.79. The van der Waals surface area contributed by atoms with Gasteiger partial charge in [0.1, 0.15) is 12.1 Å². The van der Waals surface area contributed by atoms with Crippen molar-refractivity contribution in [3.05, 3.63) is 0 Å². The minimum Gasteiger partial charge on any atom is -0.464 e. The predicted octanol–water partition coefficient (Wildman–Crippen LogP) is 1.94. The number of esters is 1. The van der Waals surface area contributed by atoms with E-state index in [1.807, 2.05) is 13.8 Å². The molecule has 2 aliphatic heterocycles. The molecule has 2 fully saturated rings. The molecular formula is C17H28N2O5. The summed E-state index contributed by atoms with van der Waals surface area (Å²) in [5.74, 6) is -0.488. The zero-order valence-corrected chi connectivity index (χ0v) is 14.7. The van der Waals surface area contributed by atoms with Gasteiger partial charge in [-0.1, -0.05) is 13.8 Å². The molecule has 2 aliphatic rings. The smallest absolute Gasteiger partial charge is 0.410 e. The van der Waals surface area contributed by atoms with Crippen molar-refractivity contribution in [2.45, 2.75) is 64.5 Å². The number of amides is 2. The number of ether oxygens (including phenoxy) is 2. The van der Waals surface area contributed by atoms with Crippen LogP contribution in [0.5, 0.6) is 0 Å². The Morgan fingerprint density at radius 2 is 1.46 bits per heavy atom. The third-order valence-electron chi connectivity index (χ3n) is 4.46. The highest BCUT2D eigenvalue weighted by Crippen LogP contribution is 2.26. The van der Waals surface area contributed by atoms with E-state index in [9.17, 15) is 14.4 Å². The van der Waals surface area contributed by atoms with Gasteiger partial charge in [0.25, 0.3) is 0 Å². The van der Waals surface area contributed by atoms with Crippen molar-refractivity contribution < 1.29 is 23.9 Å². The molecule has 24 heavy (non-hydrogen) atoms. The maximum absolute atomic E-state index is 12.9. The van der Waals surface area contributed by atoms with E-state index in [4.69, 9.17) is 9.47 Å². The number of carbonyl (C=O) groups excluding carboxylic acids is 3. The molecule has 0 spiro atoms. The van der Waals surface area contributed by atoms with E-state index in [2.05, 4.69) is 0 Å². The van der Waals surface area contributed by atoms with Crippen molar-refractivity contribution in [1.82, 2.24) is 9.80 Å². The van der Waals surface area contributed by atoms with Crippen LogP contribution in [0.15, 0.2) is 0 Å². The van der Waals surface area contributed by atoms with Crippen molar-refractivity contribution in [2.24, 2.45) is 0 Å². The molecule has 0 bridgehead atoms. The van der Waals surface area contributed by atoms with Gasteiger partial charge in [-0.15, -0.1) is 0 Å². The van der Waals surface area contributed by atoms with Crippen LogP contribution in [0.1, 0.15) is 52.4 Å². The summed E-state index contributed by atoms with van der Waals surface area (Å²) in [5, 5.41) is 0. The van der Waals surface area contributed by atoms with Crippen LogP contribution in [0.4, 0.5) is 4.79 Å². The molecule has 7 heteroatoms. The van der Waals surface area contributed by atoms with Crippen LogP contribution >= 0.6 is 0 Å². The maximum atomic E-state index is 12.9. The van der Waals surface area contributed by atoms with Crippen LogP contribution in [-0.4, -0.2) is 66.2 Å². The van der Waals surface area contributed by atoms with Crippen molar-refractivity contribution >= 4 is 18.0 Å². The molecule has 2 heterocycles. The van der Waals surface area contributed by atoms with Gasteiger partial charge < -0.3 is 14.4 Å². The first kappa shape index (κ1) is 18.5. The Balaban J connectivity index is 2.00. The molecule has 2 saturated heterocycles. The average molecular weight is 340 g/mol. The highest BCUT2D eigenvalue weighted by molar-refractivity contribution is 5.90. The molecule has 2 atom stereocenters. The summed E-state index contributed by atoms with van der Waals surface area (Å²) in [6, 6.07) is -1.04. The lowest BCUT2D eigenvalue weighted by Gasteiger charge is -2.30. The third-order valence-corrected chi connectivity index (χ3v) is 4.46. The van der Waals surface area contributed by atoms with Crippen molar-refractivity contribution in [3.8, 4) is 0 Å². The van der Waals surface area contributed by atoms with E-state index in [-0.39, 0.29) is 11.9 Å². The number of carbonyl (C=O) groups is 3. The van der Waals surface area contributed by atoms with Gasteiger partial charge in [0, 0.05) is 13.1 Å². The summed E-state index contributed by atoms with van der Waals surface area (Å²) >= 11 is 0. The van der Waals surface area contributed by atoms with Crippen molar-refractivity contribution in [2.75, 3.05) is 26.3 Å².